The van der Waals surface area contributed by atoms with Crippen molar-refractivity contribution in [3.05, 3.63) is 34.9 Å². The lowest BCUT2D eigenvalue weighted by Crippen LogP contribution is -2.21. The third kappa shape index (κ3) is 4.99. The number of ether oxygens (including phenoxy) is 1. The number of carbonyl (C=O) groups is 1. The lowest BCUT2D eigenvalue weighted by Gasteiger charge is -2.22. The van der Waals surface area contributed by atoms with Gasteiger partial charge in [-0.2, -0.15) is 13.2 Å². The lowest BCUT2D eigenvalue weighted by molar-refractivity contribution is -0.143. The van der Waals surface area contributed by atoms with Gasteiger partial charge >= 0.3 is 12.1 Å². The molecule has 1 atom stereocenters. The molecule has 0 saturated heterocycles. The maximum absolute atomic E-state index is 13.0. The molecule has 0 unspecified atom stereocenters. The number of esters is 1. The molecule has 0 heterocycles. The smallest absolute Gasteiger partial charge is 0.416 e. The molecule has 1 aromatic carbocycles. The number of hydrogen-bond acceptors (Lipinski definition) is 4. The van der Waals surface area contributed by atoms with Crippen molar-refractivity contribution in [2.24, 2.45) is 5.73 Å². The third-order valence-corrected chi connectivity index (χ3v) is 3.11. The van der Waals surface area contributed by atoms with E-state index in [0.717, 1.165) is 12.1 Å². The molecule has 0 aliphatic carbocycles. The van der Waals surface area contributed by atoms with Gasteiger partial charge in [-0.25, -0.2) is 0 Å². The van der Waals surface area contributed by atoms with Crippen LogP contribution in [-0.4, -0.2) is 17.7 Å². The van der Waals surface area contributed by atoms with Crippen LogP contribution < -0.4 is 5.73 Å². The van der Waals surface area contributed by atoms with E-state index in [9.17, 15) is 23.1 Å². The van der Waals surface area contributed by atoms with Gasteiger partial charge in [0.2, 0.25) is 0 Å². The van der Waals surface area contributed by atoms with E-state index in [1.807, 2.05) is 0 Å². The molecule has 0 aliphatic rings. The minimum atomic E-state index is -4.57. The molecule has 0 aliphatic heterocycles. The minimum Gasteiger partial charge on any atom is -0.466 e. The molecule has 0 aromatic heterocycles. The predicted molar refractivity (Wildman–Crippen MR) is 74.9 cm³/mol. The van der Waals surface area contributed by atoms with E-state index in [-0.39, 0.29) is 24.2 Å². The van der Waals surface area contributed by atoms with Crippen LogP contribution in [0.4, 0.5) is 13.2 Å². The van der Waals surface area contributed by atoms with Crippen LogP contribution in [0.25, 0.3) is 0 Å². The molecule has 0 saturated carbocycles. The van der Waals surface area contributed by atoms with Gasteiger partial charge in [0.05, 0.1) is 24.2 Å². The van der Waals surface area contributed by atoms with Crippen LogP contribution in [0.3, 0.4) is 0 Å². The van der Waals surface area contributed by atoms with Crippen molar-refractivity contribution in [3.8, 4) is 0 Å². The summed E-state index contributed by atoms with van der Waals surface area (Å²) in [6.45, 7) is 4.55. The number of halogens is 3. The quantitative estimate of drug-likeness (QED) is 0.819. The Morgan fingerprint density at radius 1 is 1.27 bits per heavy atom. The lowest BCUT2D eigenvalue weighted by atomic mass is 9.91. The first-order chi connectivity index (χ1) is 9.95. The largest absolute Gasteiger partial charge is 0.466 e. The first kappa shape index (κ1) is 18.4. The molecule has 3 N–H and O–H groups in total. The topological polar surface area (TPSA) is 72.5 Å². The van der Waals surface area contributed by atoms with Crippen molar-refractivity contribution >= 4 is 5.97 Å². The molecule has 0 fully saturated rings. The van der Waals surface area contributed by atoms with E-state index in [1.54, 1.807) is 6.92 Å². The van der Waals surface area contributed by atoms with Gasteiger partial charge in [0.25, 0.3) is 0 Å². The average molecular weight is 319 g/mol. The zero-order valence-corrected chi connectivity index (χ0v) is 12.7. The Hall–Kier alpha value is -1.60. The Morgan fingerprint density at radius 2 is 1.82 bits per heavy atom. The molecule has 0 spiro atoms. The van der Waals surface area contributed by atoms with Crippen LogP contribution in [-0.2, 0) is 21.3 Å². The normalized spacial score (nSPS) is 13.8. The van der Waals surface area contributed by atoms with Gasteiger partial charge in [-0.1, -0.05) is 6.07 Å². The molecule has 0 amide bonds. The standard InChI is InChI=1S/C15H20F3NO3/c1-4-22-13(20)8-12(19)9-5-10(14(2,3)21)7-11(6-9)15(16,17)18/h5-7,12,21H,4,8,19H2,1-3H3/t12-/m0/s1. The summed E-state index contributed by atoms with van der Waals surface area (Å²) in [5, 5.41) is 9.95. The Morgan fingerprint density at radius 3 is 2.27 bits per heavy atom. The predicted octanol–water partition coefficient (Wildman–Crippen LogP) is 2.89. The van der Waals surface area contributed by atoms with Crippen molar-refractivity contribution in [1.82, 2.24) is 0 Å². The van der Waals surface area contributed by atoms with Crippen LogP contribution in [0, 0.1) is 0 Å². The number of carbonyl (C=O) groups excluding carboxylic acids is 1. The van der Waals surface area contributed by atoms with Crippen LogP contribution in [0.1, 0.15) is 49.9 Å². The first-order valence-electron chi connectivity index (χ1n) is 6.81. The monoisotopic (exact) mass is 319 g/mol. The van der Waals surface area contributed by atoms with Gasteiger partial charge in [0, 0.05) is 6.04 Å². The van der Waals surface area contributed by atoms with Gasteiger partial charge in [0.15, 0.2) is 0 Å². The summed E-state index contributed by atoms with van der Waals surface area (Å²) in [7, 11) is 0. The Labute approximate surface area is 127 Å². The molecule has 22 heavy (non-hydrogen) atoms. The summed E-state index contributed by atoms with van der Waals surface area (Å²) in [6, 6.07) is 2.20. The van der Waals surface area contributed by atoms with Crippen molar-refractivity contribution in [2.75, 3.05) is 6.61 Å². The second-order valence-corrected chi connectivity index (χ2v) is 5.52. The van der Waals surface area contributed by atoms with E-state index in [2.05, 4.69) is 0 Å². The van der Waals surface area contributed by atoms with Gasteiger partial charge in [0.1, 0.15) is 0 Å². The number of hydrogen-bond donors (Lipinski definition) is 2. The molecule has 4 nitrogen and oxygen atoms in total. The molecule has 7 heteroatoms. The number of nitrogens with two attached hydrogens (primary N) is 1. The van der Waals surface area contributed by atoms with E-state index in [4.69, 9.17) is 10.5 Å². The molecular weight excluding hydrogens is 299 g/mol. The fourth-order valence-electron chi connectivity index (χ4n) is 1.90. The highest BCUT2D eigenvalue weighted by atomic mass is 19.4. The van der Waals surface area contributed by atoms with Gasteiger partial charge < -0.3 is 15.6 Å². The fourth-order valence-corrected chi connectivity index (χ4v) is 1.90. The van der Waals surface area contributed by atoms with Crippen molar-refractivity contribution in [3.63, 3.8) is 0 Å². The minimum absolute atomic E-state index is 0.0802. The van der Waals surface area contributed by atoms with Crippen molar-refractivity contribution in [2.45, 2.75) is 45.0 Å². The zero-order chi connectivity index (χ0) is 17.1. The summed E-state index contributed by atoms with van der Waals surface area (Å²) < 4.78 is 43.6. The number of alkyl halides is 3. The van der Waals surface area contributed by atoms with Gasteiger partial charge in [-0.15, -0.1) is 0 Å². The maximum Gasteiger partial charge on any atom is 0.416 e. The SMILES string of the molecule is CCOC(=O)C[C@H](N)c1cc(C(C)(C)O)cc(C(F)(F)F)c1. The summed E-state index contributed by atoms with van der Waals surface area (Å²) in [5.74, 6) is -0.586. The van der Waals surface area contributed by atoms with E-state index >= 15 is 0 Å². The average Bonchev–Trinajstić information content (AvgIpc) is 2.36. The first-order valence-corrected chi connectivity index (χ1v) is 6.81. The number of rotatable bonds is 5. The molecule has 1 rings (SSSR count). The van der Waals surface area contributed by atoms with E-state index in [0.29, 0.717) is 0 Å². The van der Waals surface area contributed by atoms with E-state index < -0.39 is 29.4 Å². The summed E-state index contributed by atoms with van der Waals surface area (Å²) >= 11 is 0. The zero-order valence-electron chi connectivity index (χ0n) is 12.7. The molecule has 0 bridgehead atoms. The van der Waals surface area contributed by atoms with Gasteiger partial charge in [-0.05, 0) is 44.0 Å². The third-order valence-electron chi connectivity index (χ3n) is 3.11. The van der Waals surface area contributed by atoms with Crippen molar-refractivity contribution in [1.29, 1.82) is 0 Å². The van der Waals surface area contributed by atoms with Gasteiger partial charge in [-0.3, -0.25) is 4.79 Å². The van der Waals surface area contributed by atoms with Crippen LogP contribution in [0.2, 0.25) is 0 Å². The maximum atomic E-state index is 13.0. The fraction of sp³-hybridized carbons (Fsp3) is 0.533. The Kier molecular flexibility index (Phi) is 5.59. The molecule has 0 radical (unpaired) electrons. The molecule has 1 aromatic rings. The van der Waals surface area contributed by atoms with Crippen LogP contribution >= 0.6 is 0 Å². The second kappa shape index (κ2) is 6.66. The molecular formula is C15H20F3NO3. The number of aliphatic hydroxyl groups is 1. The Balaban J connectivity index is 3.21. The second-order valence-electron chi connectivity index (χ2n) is 5.52. The van der Waals surface area contributed by atoms with Crippen LogP contribution in [0.5, 0.6) is 0 Å². The highest BCUT2D eigenvalue weighted by Crippen LogP contribution is 2.34. The Bertz CT molecular complexity index is 504. The summed E-state index contributed by atoms with van der Waals surface area (Å²) in [6.07, 6.45) is -4.81. The highest BCUT2D eigenvalue weighted by Gasteiger charge is 2.33. The highest BCUT2D eigenvalue weighted by molar-refractivity contribution is 5.70. The summed E-state index contributed by atoms with van der Waals surface area (Å²) in [4.78, 5) is 11.4. The number of benzene rings is 1. The van der Waals surface area contributed by atoms with E-state index in [1.165, 1.54) is 19.9 Å². The summed E-state index contributed by atoms with van der Waals surface area (Å²) in [5.41, 5.74) is 3.63. The molecule has 124 valence electrons. The van der Waals surface area contributed by atoms with Crippen molar-refractivity contribution < 1.29 is 27.8 Å². The van der Waals surface area contributed by atoms with Crippen LogP contribution in [0.15, 0.2) is 18.2 Å².